The maximum Gasteiger partial charge on any atom is 0.319 e. The van der Waals surface area contributed by atoms with Crippen molar-refractivity contribution in [2.45, 2.75) is 66.2 Å². The van der Waals surface area contributed by atoms with E-state index < -0.39 is 8.25 Å². The first kappa shape index (κ1) is 22.8. The van der Waals surface area contributed by atoms with E-state index in [0.717, 1.165) is 12.8 Å². The van der Waals surface area contributed by atoms with Crippen molar-refractivity contribution < 1.29 is 54.5 Å². The fourth-order valence-electron chi connectivity index (χ4n) is 1.73. The summed E-state index contributed by atoms with van der Waals surface area (Å²) in [6, 6.07) is 0. The van der Waals surface area contributed by atoms with Gasteiger partial charge in [-0.25, -0.2) is 0 Å². The van der Waals surface area contributed by atoms with Gasteiger partial charge in [0.1, 0.15) is 0 Å². The third kappa shape index (κ3) is 15.7. The summed E-state index contributed by atoms with van der Waals surface area (Å²) in [5.41, 5.74) is 0. The molecular weight excluding hydrogens is 391 g/mol. The van der Waals surface area contributed by atoms with E-state index in [0.29, 0.717) is 25.0 Å². The van der Waals surface area contributed by atoms with Gasteiger partial charge in [0, 0.05) is 40.8 Å². The topological polar surface area (TPSA) is 35.5 Å². The van der Waals surface area contributed by atoms with Gasteiger partial charge in [-0.15, -0.1) is 0 Å². The van der Waals surface area contributed by atoms with Crippen LogP contribution in [0.15, 0.2) is 0 Å². The van der Waals surface area contributed by atoms with Crippen molar-refractivity contribution in [3.8, 4) is 0 Å². The van der Waals surface area contributed by atoms with E-state index in [4.69, 9.17) is 9.05 Å². The molecule has 0 aliphatic rings. The second-order valence-corrected chi connectivity index (χ2v) is 6.44. The van der Waals surface area contributed by atoms with Gasteiger partial charge in [-0.2, -0.15) is 0 Å². The van der Waals surface area contributed by atoms with Crippen molar-refractivity contribution in [1.29, 1.82) is 0 Å². The second kappa shape index (κ2) is 15.9. The maximum absolute atomic E-state index is 11.5. The summed E-state index contributed by atoms with van der Waals surface area (Å²) in [4.78, 5) is 0. The molecule has 2 atom stereocenters. The molecule has 0 fully saturated rings. The van der Waals surface area contributed by atoms with Gasteiger partial charge < -0.3 is 9.05 Å². The molecule has 19 heavy (non-hydrogen) atoms. The third-order valence-electron chi connectivity index (χ3n) is 3.07. The fraction of sp³-hybridized carbons (Fsp3) is 1.00. The van der Waals surface area contributed by atoms with Crippen LogP contribution in [0.3, 0.4) is 0 Å². The smallest absolute Gasteiger partial charge is 0.310 e. The molecule has 5 heteroatoms. The summed E-state index contributed by atoms with van der Waals surface area (Å²) in [7, 11) is -2.28. The summed E-state index contributed by atoms with van der Waals surface area (Å²) >= 11 is 0. The predicted molar refractivity (Wildman–Crippen MR) is 78.3 cm³/mol. The average Bonchev–Trinajstić information content (AvgIpc) is 2.37. The largest absolute Gasteiger partial charge is 0.319 e. The van der Waals surface area contributed by atoms with Gasteiger partial charge in [0.25, 0.3) is 0 Å². The van der Waals surface area contributed by atoms with Crippen LogP contribution in [0.4, 0.5) is 0 Å². The zero-order chi connectivity index (χ0) is 13.8. The first-order valence-corrected chi connectivity index (χ1v) is 8.62. The van der Waals surface area contributed by atoms with E-state index in [1.54, 1.807) is 0 Å². The molecule has 3 nitrogen and oxygen atoms in total. The zero-order valence-corrected chi connectivity index (χ0v) is 17.2. The minimum atomic E-state index is -2.28. The Morgan fingerprint density at radius 3 is 1.58 bits per heavy atom. The molecule has 114 valence electrons. The summed E-state index contributed by atoms with van der Waals surface area (Å²) in [5.74, 6) is 0.944. The van der Waals surface area contributed by atoms with Crippen LogP contribution in [0.5, 0.6) is 0 Å². The van der Waals surface area contributed by atoms with E-state index in [1.165, 1.54) is 25.7 Å². The first-order chi connectivity index (χ1) is 8.60. The van der Waals surface area contributed by atoms with Crippen molar-refractivity contribution in [3.05, 3.63) is 0 Å². The number of hydrogen-bond acceptors (Lipinski definition) is 3. The van der Waals surface area contributed by atoms with Crippen LogP contribution in [0.2, 0.25) is 0 Å². The molecule has 0 radical (unpaired) electrons. The molecule has 0 aliphatic carbocycles. The van der Waals surface area contributed by atoms with Gasteiger partial charge in [-0.05, 0) is 24.7 Å². The SMILES string of the molecule is CCCCC(C)CO[PH](=O)OCC(C)CCCC.[Nd]. The Hall–Kier alpha value is 1.50. The van der Waals surface area contributed by atoms with Gasteiger partial charge in [-0.3, -0.25) is 4.57 Å². The minimum Gasteiger partial charge on any atom is -0.310 e. The Morgan fingerprint density at radius 1 is 0.895 bits per heavy atom. The molecule has 0 N–H and O–H groups in total. The van der Waals surface area contributed by atoms with E-state index in [1.807, 2.05) is 0 Å². The van der Waals surface area contributed by atoms with Crippen LogP contribution >= 0.6 is 8.25 Å². The molecule has 0 aromatic rings. The average molecular weight is 423 g/mol. The summed E-state index contributed by atoms with van der Waals surface area (Å²) in [6.45, 7) is 9.74. The Labute approximate surface area is 153 Å². The molecule has 0 aliphatic heterocycles. The van der Waals surface area contributed by atoms with Crippen molar-refractivity contribution >= 4 is 8.25 Å². The van der Waals surface area contributed by atoms with Gasteiger partial charge >= 0.3 is 8.25 Å². The number of rotatable bonds is 12. The third-order valence-corrected chi connectivity index (χ3v) is 3.88. The predicted octanol–water partition coefficient (Wildman–Crippen LogP) is 5.06. The molecule has 0 spiro atoms. The van der Waals surface area contributed by atoms with E-state index in [9.17, 15) is 4.57 Å². The van der Waals surface area contributed by atoms with Gasteiger partial charge in [0.2, 0.25) is 0 Å². The monoisotopic (exact) mass is 420 g/mol. The normalized spacial score (nSPS) is 15.6. The molecule has 0 saturated heterocycles. The van der Waals surface area contributed by atoms with Crippen LogP contribution in [-0.2, 0) is 13.6 Å². The van der Waals surface area contributed by atoms with Crippen LogP contribution in [0, 0.1) is 52.7 Å². The van der Waals surface area contributed by atoms with Crippen LogP contribution in [-0.4, -0.2) is 13.2 Å². The molecule has 2 unspecified atom stereocenters. The molecular formula is C14H31NdO3P. The van der Waals surface area contributed by atoms with Crippen LogP contribution in [0.1, 0.15) is 66.2 Å². The zero-order valence-electron chi connectivity index (χ0n) is 13.0. The Morgan fingerprint density at radius 2 is 1.26 bits per heavy atom. The summed E-state index contributed by atoms with van der Waals surface area (Å²) in [6.07, 6.45) is 7.09. The van der Waals surface area contributed by atoms with Crippen molar-refractivity contribution in [2.24, 2.45) is 11.8 Å². The van der Waals surface area contributed by atoms with E-state index in [-0.39, 0.29) is 40.8 Å². The van der Waals surface area contributed by atoms with Crippen molar-refractivity contribution in [1.82, 2.24) is 0 Å². The standard InChI is InChI=1S/C14H31O3P.Nd/c1-5-7-9-13(3)11-16-18(15)17-12-14(4)10-8-6-2;/h13-14,18H,5-12H2,1-4H3;. The molecule has 0 rings (SSSR count). The molecule has 0 heterocycles. The minimum absolute atomic E-state index is 0. The second-order valence-electron chi connectivity index (χ2n) is 5.37. The van der Waals surface area contributed by atoms with Gasteiger partial charge in [-0.1, -0.05) is 53.4 Å². The molecule has 0 aromatic heterocycles. The summed E-state index contributed by atoms with van der Waals surface area (Å²) in [5, 5.41) is 0. The molecule has 0 aromatic carbocycles. The number of hydrogen-bond donors (Lipinski definition) is 0. The van der Waals surface area contributed by atoms with Gasteiger partial charge in [0.05, 0.1) is 13.2 Å². The van der Waals surface area contributed by atoms with E-state index in [2.05, 4.69) is 27.7 Å². The first-order valence-electron chi connectivity index (χ1n) is 7.39. The fourth-order valence-corrected chi connectivity index (χ4v) is 2.66. The summed E-state index contributed by atoms with van der Waals surface area (Å²) < 4.78 is 22.1. The molecule has 0 bridgehead atoms. The van der Waals surface area contributed by atoms with Crippen molar-refractivity contribution in [2.75, 3.05) is 13.2 Å². The Balaban J connectivity index is 0. The number of unbranched alkanes of at least 4 members (excludes halogenated alkanes) is 2. The van der Waals surface area contributed by atoms with Gasteiger partial charge in [0.15, 0.2) is 0 Å². The maximum atomic E-state index is 11.5. The van der Waals surface area contributed by atoms with E-state index >= 15 is 0 Å². The quantitative estimate of drug-likeness (QED) is 0.412. The van der Waals surface area contributed by atoms with Crippen molar-refractivity contribution in [3.63, 3.8) is 0 Å². The van der Waals surface area contributed by atoms with Crippen LogP contribution in [0.25, 0.3) is 0 Å². The Bertz CT molecular complexity index is 195. The molecule has 0 saturated carbocycles. The van der Waals surface area contributed by atoms with Crippen LogP contribution < -0.4 is 0 Å². The Kier molecular flexibility index (Phi) is 19.0. The molecule has 0 amide bonds.